The van der Waals surface area contributed by atoms with E-state index in [0.29, 0.717) is 11.8 Å². The summed E-state index contributed by atoms with van der Waals surface area (Å²) in [7, 11) is 0. The van der Waals surface area contributed by atoms with Crippen molar-refractivity contribution in [1.29, 1.82) is 0 Å². The van der Waals surface area contributed by atoms with E-state index < -0.39 is 0 Å². The van der Waals surface area contributed by atoms with Gasteiger partial charge in [0.15, 0.2) is 0 Å². The molecule has 150 valence electrons. The molecule has 2 bridgehead atoms. The highest BCUT2D eigenvalue weighted by Gasteiger charge is 2.40. The fraction of sp³-hybridized carbons (Fsp3) is 0.455. The van der Waals surface area contributed by atoms with E-state index >= 15 is 0 Å². The number of hydrogen-bond acceptors (Lipinski definition) is 3. The zero-order chi connectivity index (χ0) is 18.8. The number of carbonyl (C=O) groups is 2. The number of nitrogens with two attached hydrogens (primary N) is 1. The van der Waals surface area contributed by atoms with E-state index in [-0.39, 0.29) is 42.7 Å². The number of hydrogen-bond donors (Lipinski definition) is 3. The number of amides is 2. The molecule has 0 saturated heterocycles. The molecule has 0 aromatic heterocycles. The van der Waals surface area contributed by atoms with E-state index in [1.807, 2.05) is 42.5 Å². The third-order valence-corrected chi connectivity index (χ3v) is 6.27. The number of carbonyl (C=O) groups excluding carboxylic acids is 2. The van der Waals surface area contributed by atoms with Gasteiger partial charge in [-0.15, -0.1) is 12.4 Å². The van der Waals surface area contributed by atoms with E-state index in [1.165, 1.54) is 6.42 Å². The molecule has 4 rings (SSSR count). The molecule has 0 spiro atoms. The lowest BCUT2D eigenvalue weighted by atomic mass is 9.65. The van der Waals surface area contributed by atoms with Crippen molar-refractivity contribution in [2.75, 3.05) is 11.9 Å². The molecule has 2 atom stereocenters. The van der Waals surface area contributed by atoms with Crippen LogP contribution in [0.4, 0.5) is 5.69 Å². The topological polar surface area (TPSA) is 84.2 Å². The van der Waals surface area contributed by atoms with Crippen LogP contribution in [0.2, 0.25) is 0 Å². The molecule has 0 heterocycles. The third kappa shape index (κ3) is 4.31. The Balaban J connectivity index is 0.00000225. The van der Waals surface area contributed by atoms with Crippen LogP contribution in [0.25, 0.3) is 10.8 Å². The molecule has 4 N–H and O–H groups in total. The predicted octanol–water partition coefficient (Wildman–Crippen LogP) is 3.47. The van der Waals surface area contributed by atoms with Crippen molar-refractivity contribution in [2.45, 2.75) is 38.1 Å². The third-order valence-electron chi connectivity index (χ3n) is 6.27. The Morgan fingerprint density at radius 1 is 1.00 bits per heavy atom. The molecule has 5 nitrogen and oxygen atoms in total. The van der Waals surface area contributed by atoms with Gasteiger partial charge in [-0.3, -0.25) is 9.59 Å². The van der Waals surface area contributed by atoms with Crippen LogP contribution >= 0.6 is 12.4 Å². The van der Waals surface area contributed by atoms with Crippen LogP contribution in [-0.2, 0) is 9.59 Å². The summed E-state index contributed by atoms with van der Waals surface area (Å²) in [6, 6.07) is 14.0. The van der Waals surface area contributed by atoms with Crippen LogP contribution in [-0.4, -0.2) is 24.4 Å². The Kier molecular flexibility index (Phi) is 6.57. The van der Waals surface area contributed by atoms with Gasteiger partial charge in [0, 0.05) is 23.0 Å². The largest absolute Gasteiger partial charge is 0.347 e. The average molecular weight is 402 g/mol. The normalized spacial score (nSPS) is 26.2. The van der Waals surface area contributed by atoms with Crippen LogP contribution in [0.5, 0.6) is 0 Å². The molecular weight excluding hydrogens is 374 g/mol. The minimum absolute atomic E-state index is 0. The van der Waals surface area contributed by atoms with Crippen molar-refractivity contribution < 1.29 is 9.59 Å². The first-order valence-corrected chi connectivity index (χ1v) is 9.92. The van der Waals surface area contributed by atoms with Crippen molar-refractivity contribution in [2.24, 2.45) is 23.5 Å². The maximum atomic E-state index is 12.6. The number of nitrogens with one attached hydrogen (secondary N) is 2. The second-order valence-electron chi connectivity index (χ2n) is 7.99. The van der Waals surface area contributed by atoms with Gasteiger partial charge in [0.2, 0.25) is 11.8 Å². The summed E-state index contributed by atoms with van der Waals surface area (Å²) in [5.41, 5.74) is 7.07. The van der Waals surface area contributed by atoms with Gasteiger partial charge in [0.25, 0.3) is 0 Å². The molecular formula is C22H28ClN3O2. The van der Waals surface area contributed by atoms with Crippen LogP contribution in [0.1, 0.15) is 32.1 Å². The maximum Gasteiger partial charge on any atom is 0.243 e. The first-order chi connectivity index (χ1) is 13.1. The second kappa shape index (κ2) is 8.93. The summed E-state index contributed by atoms with van der Waals surface area (Å²) < 4.78 is 0. The zero-order valence-corrected chi connectivity index (χ0v) is 16.7. The monoisotopic (exact) mass is 401 g/mol. The van der Waals surface area contributed by atoms with Crippen LogP contribution in [0.15, 0.2) is 42.5 Å². The number of benzene rings is 2. The van der Waals surface area contributed by atoms with Crippen molar-refractivity contribution >= 4 is 40.7 Å². The van der Waals surface area contributed by atoms with Crippen molar-refractivity contribution in [3.63, 3.8) is 0 Å². The predicted molar refractivity (Wildman–Crippen MR) is 114 cm³/mol. The smallest absolute Gasteiger partial charge is 0.243 e. The van der Waals surface area contributed by atoms with Crippen molar-refractivity contribution in [1.82, 2.24) is 5.32 Å². The van der Waals surface area contributed by atoms with E-state index in [2.05, 4.69) is 10.6 Å². The number of fused-ring (bicyclic) bond motifs is 3. The highest BCUT2D eigenvalue weighted by Crippen LogP contribution is 2.41. The van der Waals surface area contributed by atoms with Gasteiger partial charge in [-0.2, -0.15) is 0 Å². The fourth-order valence-electron chi connectivity index (χ4n) is 4.84. The number of rotatable bonds is 4. The fourth-order valence-corrected chi connectivity index (χ4v) is 4.84. The Hall–Kier alpha value is -2.11. The number of anilines is 1. The van der Waals surface area contributed by atoms with Gasteiger partial charge in [0.05, 0.1) is 6.54 Å². The molecule has 2 aliphatic carbocycles. The first kappa shape index (κ1) is 20.6. The van der Waals surface area contributed by atoms with E-state index in [4.69, 9.17) is 5.73 Å². The first-order valence-electron chi connectivity index (χ1n) is 9.92. The van der Waals surface area contributed by atoms with Crippen molar-refractivity contribution in [3.05, 3.63) is 42.5 Å². The SMILES string of the molecule is Cl.NC1C2CCCC1CC(C(=O)NCC(=O)Nc1cccc3ccccc13)C2. The molecule has 2 aromatic carbocycles. The minimum Gasteiger partial charge on any atom is -0.347 e. The van der Waals surface area contributed by atoms with Crippen molar-refractivity contribution in [3.8, 4) is 0 Å². The quantitative estimate of drug-likeness (QED) is 0.733. The Morgan fingerprint density at radius 3 is 2.43 bits per heavy atom. The molecule has 2 amide bonds. The standard InChI is InChI=1S/C22H27N3O2.ClH/c23-21-15-7-3-8-16(21)12-17(11-15)22(27)24-13-20(26)25-19-10-4-6-14-5-1-2-9-18(14)19;/h1-2,4-6,9-10,15-17,21H,3,7-8,11-13,23H2,(H,24,27)(H,25,26);1H. The Morgan fingerprint density at radius 2 is 1.68 bits per heavy atom. The summed E-state index contributed by atoms with van der Waals surface area (Å²) in [6.45, 7) is -0.0000581. The second-order valence-corrected chi connectivity index (χ2v) is 7.99. The van der Waals surface area contributed by atoms with Crippen LogP contribution in [0.3, 0.4) is 0 Å². The van der Waals surface area contributed by atoms with Gasteiger partial charge in [-0.25, -0.2) is 0 Å². The van der Waals surface area contributed by atoms with Gasteiger partial charge in [0.1, 0.15) is 0 Å². The summed E-state index contributed by atoms with van der Waals surface area (Å²) in [5.74, 6) is 0.695. The molecule has 2 fully saturated rings. The molecule has 0 radical (unpaired) electrons. The van der Waals surface area contributed by atoms with Gasteiger partial charge in [-0.05, 0) is 49.0 Å². The summed E-state index contributed by atoms with van der Waals surface area (Å²) in [5, 5.41) is 7.82. The lowest BCUT2D eigenvalue weighted by Crippen LogP contribution is -2.49. The molecule has 2 unspecified atom stereocenters. The molecule has 0 aliphatic heterocycles. The highest BCUT2D eigenvalue weighted by atomic mass is 35.5. The lowest BCUT2D eigenvalue weighted by molar-refractivity contribution is -0.129. The van der Waals surface area contributed by atoms with Crippen LogP contribution < -0.4 is 16.4 Å². The molecule has 6 heteroatoms. The van der Waals surface area contributed by atoms with Gasteiger partial charge >= 0.3 is 0 Å². The zero-order valence-electron chi connectivity index (χ0n) is 15.9. The summed E-state index contributed by atoms with van der Waals surface area (Å²) >= 11 is 0. The van der Waals surface area contributed by atoms with Gasteiger partial charge in [-0.1, -0.05) is 42.8 Å². The minimum atomic E-state index is -0.201. The van der Waals surface area contributed by atoms with Crippen LogP contribution in [0, 0.1) is 17.8 Å². The average Bonchev–Trinajstić information content (AvgIpc) is 2.66. The highest BCUT2D eigenvalue weighted by molar-refractivity contribution is 6.03. The molecule has 2 aliphatic rings. The summed E-state index contributed by atoms with van der Waals surface area (Å²) in [6.07, 6.45) is 5.19. The Labute approximate surface area is 171 Å². The Bertz CT molecular complexity index is 837. The van der Waals surface area contributed by atoms with E-state index in [0.717, 1.165) is 42.1 Å². The lowest BCUT2D eigenvalue weighted by Gasteiger charge is -2.43. The number of halogens is 1. The van der Waals surface area contributed by atoms with E-state index in [1.54, 1.807) is 0 Å². The van der Waals surface area contributed by atoms with E-state index in [9.17, 15) is 9.59 Å². The maximum absolute atomic E-state index is 12.6. The van der Waals surface area contributed by atoms with Gasteiger partial charge < -0.3 is 16.4 Å². The summed E-state index contributed by atoms with van der Waals surface area (Å²) in [4.78, 5) is 24.9. The molecule has 2 saturated carbocycles. The molecule has 28 heavy (non-hydrogen) atoms. The molecule has 2 aromatic rings.